The molecule has 2 fully saturated rings. The first-order valence-corrected chi connectivity index (χ1v) is 15.0. The second kappa shape index (κ2) is 12.4. The lowest BCUT2D eigenvalue weighted by atomic mass is 9.82. The minimum Gasteiger partial charge on any atom is -0.378 e. The van der Waals surface area contributed by atoms with Crippen LogP contribution in [0.3, 0.4) is 0 Å². The number of carbonyl (C=O) groups is 4. The summed E-state index contributed by atoms with van der Waals surface area (Å²) in [5.74, 6) is -1.58. The van der Waals surface area contributed by atoms with Crippen LogP contribution in [0, 0.1) is 12.7 Å². The van der Waals surface area contributed by atoms with Crippen molar-refractivity contribution in [1.82, 2.24) is 40.6 Å². The van der Waals surface area contributed by atoms with Crippen LogP contribution in [0.2, 0.25) is 0 Å². The van der Waals surface area contributed by atoms with E-state index in [2.05, 4.69) is 26.1 Å². The third-order valence-corrected chi connectivity index (χ3v) is 8.97. The molecule has 15 heteroatoms. The number of amides is 4. The standard InChI is InChI=1S/C30H35FN8O6/c1-18-26-24(45-35-18)15-32-27(41)23-13-22(39-16-21(17-44-2)34-36-39)7-10-38(23)25(40)14-30(33-28(26)42)8-11-37(12-9-30)29(43)19-3-5-20(31)6-4-19/h3-6,16,22-23H,7-15,17H2,1-2H3,(H,32,41)(H,33,42)/t22-,23-/m0/s1. The van der Waals surface area contributed by atoms with E-state index in [0.29, 0.717) is 55.8 Å². The lowest BCUT2D eigenvalue weighted by molar-refractivity contribution is -0.144. The fraction of sp³-hybridized carbons (Fsp3) is 0.500. The smallest absolute Gasteiger partial charge is 0.257 e. The van der Waals surface area contributed by atoms with Gasteiger partial charge in [-0.25, -0.2) is 9.07 Å². The van der Waals surface area contributed by atoms with Gasteiger partial charge in [0.2, 0.25) is 11.8 Å². The molecule has 45 heavy (non-hydrogen) atoms. The predicted molar refractivity (Wildman–Crippen MR) is 154 cm³/mol. The molecule has 3 aliphatic rings. The molecule has 0 radical (unpaired) electrons. The Morgan fingerprint density at radius 1 is 1.16 bits per heavy atom. The summed E-state index contributed by atoms with van der Waals surface area (Å²) in [7, 11) is 1.57. The normalized spacial score (nSPS) is 22.2. The van der Waals surface area contributed by atoms with Gasteiger partial charge in [-0.3, -0.25) is 19.2 Å². The zero-order valence-electron chi connectivity index (χ0n) is 25.1. The van der Waals surface area contributed by atoms with Crippen molar-refractivity contribution in [3.8, 4) is 0 Å². The van der Waals surface area contributed by atoms with Gasteiger partial charge >= 0.3 is 0 Å². The van der Waals surface area contributed by atoms with Gasteiger partial charge in [0.05, 0.1) is 43.0 Å². The van der Waals surface area contributed by atoms with Crippen molar-refractivity contribution >= 4 is 23.6 Å². The van der Waals surface area contributed by atoms with Gasteiger partial charge in [0, 0.05) is 32.3 Å². The van der Waals surface area contributed by atoms with Crippen LogP contribution in [0.1, 0.15) is 76.0 Å². The third-order valence-electron chi connectivity index (χ3n) is 8.97. The minimum absolute atomic E-state index is 0.0628. The van der Waals surface area contributed by atoms with Crippen LogP contribution in [-0.4, -0.2) is 91.9 Å². The molecule has 2 aromatic heterocycles. The molecular weight excluding hydrogens is 587 g/mol. The van der Waals surface area contributed by atoms with Crippen molar-refractivity contribution < 1.29 is 32.8 Å². The van der Waals surface area contributed by atoms with Crippen molar-refractivity contribution in [3.63, 3.8) is 0 Å². The van der Waals surface area contributed by atoms with Crippen molar-refractivity contribution in [3.05, 3.63) is 64.6 Å². The van der Waals surface area contributed by atoms with Crippen molar-refractivity contribution in [2.24, 2.45) is 0 Å². The highest BCUT2D eigenvalue weighted by Crippen LogP contribution is 2.33. The number of likely N-dealkylation sites (tertiary alicyclic amines) is 1. The van der Waals surface area contributed by atoms with Gasteiger partial charge in [0.1, 0.15) is 23.1 Å². The van der Waals surface area contributed by atoms with Gasteiger partial charge < -0.3 is 29.7 Å². The molecule has 4 amide bonds. The quantitative estimate of drug-likeness (QED) is 0.439. The number of carbonyl (C=O) groups excluding carboxylic acids is 4. The lowest BCUT2D eigenvalue weighted by Gasteiger charge is -2.45. The zero-order chi connectivity index (χ0) is 31.7. The zero-order valence-corrected chi connectivity index (χ0v) is 25.1. The topological polar surface area (TPSA) is 165 Å². The van der Waals surface area contributed by atoms with Crippen molar-refractivity contribution in [1.29, 1.82) is 0 Å². The first-order valence-electron chi connectivity index (χ1n) is 15.0. The van der Waals surface area contributed by atoms with Gasteiger partial charge in [-0.2, -0.15) is 0 Å². The second-order valence-electron chi connectivity index (χ2n) is 11.9. The molecule has 0 aliphatic carbocycles. The molecule has 6 rings (SSSR count). The Labute approximate surface area is 258 Å². The molecule has 0 saturated carbocycles. The molecule has 2 atom stereocenters. The molecule has 3 aliphatic heterocycles. The number of ether oxygens (including phenoxy) is 1. The largest absolute Gasteiger partial charge is 0.378 e. The Hall–Kier alpha value is -4.66. The van der Waals surface area contributed by atoms with E-state index in [1.54, 1.807) is 34.7 Å². The number of methoxy groups -OCH3 is 1. The number of nitrogens with one attached hydrogen (secondary N) is 2. The van der Waals surface area contributed by atoms with Crippen molar-refractivity contribution in [2.45, 2.75) is 69.8 Å². The number of hydrogen-bond acceptors (Lipinski definition) is 9. The predicted octanol–water partition coefficient (Wildman–Crippen LogP) is 1.52. The van der Waals surface area contributed by atoms with Crippen LogP contribution in [-0.2, 0) is 27.5 Å². The Morgan fingerprint density at radius 3 is 2.64 bits per heavy atom. The molecular formula is C30H35FN8O6. The molecule has 238 valence electrons. The van der Waals surface area contributed by atoms with Crippen LogP contribution in [0.4, 0.5) is 4.39 Å². The summed E-state index contributed by atoms with van der Waals surface area (Å²) in [4.78, 5) is 57.7. The van der Waals surface area contributed by atoms with E-state index in [1.165, 1.54) is 24.3 Å². The SMILES string of the molecule is COCc1cn([C@H]2CCN3C(=O)CC4(CCN(C(=O)c5ccc(F)cc5)CC4)NC(=O)c4c(C)noc4CNC(=O)[C@@H]3C2)nn1. The van der Waals surface area contributed by atoms with E-state index in [9.17, 15) is 23.6 Å². The number of halogens is 1. The first kappa shape index (κ1) is 30.4. The van der Waals surface area contributed by atoms with Crippen LogP contribution >= 0.6 is 0 Å². The number of piperidine rings is 2. The van der Waals surface area contributed by atoms with E-state index < -0.39 is 23.3 Å². The molecule has 5 heterocycles. The molecule has 2 saturated heterocycles. The van der Waals surface area contributed by atoms with E-state index in [1.807, 2.05) is 0 Å². The van der Waals surface area contributed by atoms with Crippen molar-refractivity contribution in [2.75, 3.05) is 26.7 Å². The summed E-state index contributed by atoms with van der Waals surface area (Å²) in [6.07, 6.45) is 3.18. The summed E-state index contributed by atoms with van der Waals surface area (Å²) < 4.78 is 25.7. The fourth-order valence-electron chi connectivity index (χ4n) is 6.51. The van der Waals surface area contributed by atoms with Gasteiger partial charge in [0.25, 0.3) is 11.8 Å². The van der Waals surface area contributed by atoms with E-state index in [0.717, 1.165) is 0 Å². The highest BCUT2D eigenvalue weighted by Gasteiger charge is 2.45. The summed E-state index contributed by atoms with van der Waals surface area (Å²) in [5.41, 5.74) is 0.590. The number of nitrogens with zero attached hydrogens (tertiary/aromatic N) is 6. The number of aryl methyl sites for hydroxylation is 1. The Morgan fingerprint density at radius 2 is 1.91 bits per heavy atom. The number of aromatic nitrogens is 4. The fourth-order valence-corrected chi connectivity index (χ4v) is 6.51. The minimum atomic E-state index is -0.993. The molecule has 1 spiro atoms. The van der Waals surface area contributed by atoms with Gasteiger partial charge in [0.15, 0.2) is 5.76 Å². The van der Waals surface area contributed by atoms with Gasteiger partial charge in [-0.1, -0.05) is 10.4 Å². The van der Waals surface area contributed by atoms with Gasteiger partial charge in [-0.15, -0.1) is 5.10 Å². The van der Waals surface area contributed by atoms with E-state index >= 15 is 0 Å². The highest BCUT2D eigenvalue weighted by molar-refractivity contribution is 5.98. The van der Waals surface area contributed by atoms with E-state index in [4.69, 9.17) is 9.26 Å². The number of benzene rings is 1. The molecule has 14 nitrogen and oxygen atoms in total. The maximum Gasteiger partial charge on any atom is 0.257 e. The number of rotatable bonds is 4. The van der Waals surface area contributed by atoms with Crippen LogP contribution < -0.4 is 10.6 Å². The Balaban J connectivity index is 1.27. The number of fused-ring (bicyclic) bond motifs is 2. The average molecular weight is 623 g/mol. The summed E-state index contributed by atoms with van der Waals surface area (Å²) in [6.45, 7) is 2.69. The Bertz CT molecular complexity index is 1600. The third kappa shape index (κ3) is 6.16. The molecule has 2 N–H and O–H groups in total. The maximum atomic E-state index is 14.1. The first-order chi connectivity index (χ1) is 21.7. The second-order valence-corrected chi connectivity index (χ2v) is 11.9. The Kier molecular flexibility index (Phi) is 8.36. The van der Waals surface area contributed by atoms with E-state index in [-0.39, 0.29) is 61.1 Å². The van der Waals surface area contributed by atoms with Crippen LogP contribution in [0.5, 0.6) is 0 Å². The monoisotopic (exact) mass is 622 g/mol. The molecule has 3 aromatic rings. The molecule has 1 aromatic carbocycles. The van der Waals surface area contributed by atoms with Gasteiger partial charge in [-0.05, 0) is 56.9 Å². The summed E-state index contributed by atoms with van der Waals surface area (Å²) >= 11 is 0. The maximum absolute atomic E-state index is 14.1. The van der Waals surface area contributed by atoms with Crippen LogP contribution in [0.15, 0.2) is 35.0 Å². The van der Waals surface area contributed by atoms with Crippen LogP contribution in [0.25, 0.3) is 0 Å². The molecule has 0 unspecified atom stereocenters. The number of hydrogen-bond donors (Lipinski definition) is 2. The lowest BCUT2D eigenvalue weighted by Crippen LogP contribution is -2.60. The average Bonchev–Trinajstić information content (AvgIpc) is 3.66. The summed E-state index contributed by atoms with van der Waals surface area (Å²) in [5, 5.41) is 18.3. The molecule has 0 bridgehead atoms. The highest BCUT2D eigenvalue weighted by atomic mass is 19.1. The summed E-state index contributed by atoms with van der Waals surface area (Å²) in [6, 6.07) is 4.37.